The molecule has 2 rings (SSSR count). The van der Waals surface area contributed by atoms with E-state index in [1.54, 1.807) is 0 Å². The Morgan fingerprint density at radius 2 is 2.00 bits per heavy atom. The Hall–Kier alpha value is -0.910. The maximum absolute atomic E-state index is 11.4. The molecule has 0 saturated carbocycles. The molecule has 112 valence electrons. The van der Waals surface area contributed by atoms with E-state index in [1.165, 1.54) is 5.56 Å². The Labute approximate surface area is 121 Å². The molecule has 1 aliphatic rings. The predicted octanol–water partition coefficient (Wildman–Crippen LogP) is 2.58. The van der Waals surface area contributed by atoms with Crippen molar-refractivity contribution in [3.8, 4) is 0 Å². The van der Waals surface area contributed by atoms with Gasteiger partial charge in [0.25, 0.3) is 10.1 Å². The average molecular weight is 297 g/mol. The van der Waals surface area contributed by atoms with E-state index >= 15 is 0 Å². The summed E-state index contributed by atoms with van der Waals surface area (Å²) in [7, 11) is -3.40. The maximum atomic E-state index is 11.4. The van der Waals surface area contributed by atoms with Crippen LogP contribution in [0.4, 0.5) is 0 Å². The molecule has 20 heavy (non-hydrogen) atoms. The fourth-order valence-electron chi connectivity index (χ4n) is 2.86. The second kappa shape index (κ2) is 6.24. The molecule has 3 atom stereocenters. The molecule has 4 nitrogen and oxygen atoms in total. The summed E-state index contributed by atoms with van der Waals surface area (Å²) in [6.07, 6.45) is 2.57. The van der Waals surface area contributed by atoms with Gasteiger partial charge in [-0.15, -0.1) is 0 Å². The van der Waals surface area contributed by atoms with Crippen molar-refractivity contribution in [2.45, 2.75) is 44.9 Å². The van der Waals surface area contributed by atoms with Crippen LogP contribution in [0.2, 0.25) is 0 Å². The van der Waals surface area contributed by atoms with Crippen LogP contribution in [0.3, 0.4) is 0 Å². The summed E-state index contributed by atoms with van der Waals surface area (Å²) >= 11 is 0. The Morgan fingerprint density at radius 1 is 1.35 bits per heavy atom. The van der Waals surface area contributed by atoms with Gasteiger partial charge >= 0.3 is 0 Å². The van der Waals surface area contributed by atoms with Gasteiger partial charge in [0.05, 0.1) is 12.4 Å². The van der Waals surface area contributed by atoms with E-state index in [1.807, 2.05) is 25.1 Å². The van der Waals surface area contributed by atoms with Crippen molar-refractivity contribution in [1.29, 1.82) is 0 Å². The number of benzene rings is 1. The molecule has 0 aliphatic carbocycles. The standard InChI is InChI=1S/C15H23NO3S/c1-4-15(19-20(3,17)18)14-10-11-16(14)12(2)13-8-6-5-7-9-13/h5-9,12,14-15H,4,10-11H2,1-3H3. The summed E-state index contributed by atoms with van der Waals surface area (Å²) in [6.45, 7) is 5.12. The first-order chi connectivity index (χ1) is 9.42. The molecule has 1 saturated heterocycles. The van der Waals surface area contributed by atoms with Crippen molar-refractivity contribution in [3.05, 3.63) is 35.9 Å². The minimum Gasteiger partial charge on any atom is -0.291 e. The molecule has 1 fully saturated rings. The number of likely N-dealkylation sites (tertiary alicyclic amines) is 1. The molecular formula is C15H23NO3S. The van der Waals surface area contributed by atoms with Crippen molar-refractivity contribution >= 4 is 10.1 Å². The Bertz CT molecular complexity index is 529. The molecule has 0 bridgehead atoms. The van der Waals surface area contributed by atoms with Crippen LogP contribution in [-0.2, 0) is 14.3 Å². The third-order valence-electron chi connectivity index (χ3n) is 4.02. The molecular weight excluding hydrogens is 274 g/mol. The van der Waals surface area contributed by atoms with E-state index in [0.29, 0.717) is 6.42 Å². The summed E-state index contributed by atoms with van der Waals surface area (Å²) in [5.74, 6) is 0. The van der Waals surface area contributed by atoms with Gasteiger partial charge in [0.15, 0.2) is 0 Å². The largest absolute Gasteiger partial charge is 0.291 e. The van der Waals surface area contributed by atoms with E-state index in [0.717, 1.165) is 19.2 Å². The summed E-state index contributed by atoms with van der Waals surface area (Å²) in [4.78, 5) is 2.33. The predicted molar refractivity (Wildman–Crippen MR) is 80.0 cm³/mol. The van der Waals surface area contributed by atoms with Crippen LogP contribution in [-0.4, -0.2) is 38.3 Å². The highest BCUT2D eigenvalue weighted by Crippen LogP contribution is 2.33. The summed E-state index contributed by atoms with van der Waals surface area (Å²) < 4.78 is 27.9. The van der Waals surface area contributed by atoms with Gasteiger partial charge in [0.2, 0.25) is 0 Å². The lowest BCUT2D eigenvalue weighted by Crippen LogP contribution is -2.55. The number of hydrogen-bond donors (Lipinski definition) is 0. The molecule has 0 amide bonds. The van der Waals surface area contributed by atoms with E-state index < -0.39 is 10.1 Å². The highest BCUT2D eigenvalue weighted by atomic mass is 32.2. The smallest absolute Gasteiger partial charge is 0.264 e. The number of rotatable bonds is 6. The lowest BCUT2D eigenvalue weighted by atomic mass is 9.91. The minimum absolute atomic E-state index is 0.185. The molecule has 0 aromatic heterocycles. The van der Waals surface area contributed by atoms with Gasteiger partial charge in [0.1, 0.15) is 0 Å². The molecule has 5 heteroatoms. The third-order valence-corrected chi connectivity index (χ3v) is 4.62. The highest BCUT2D eigenvalue weighted by Gasteiger charge is 2.39. The average Bonchev–Trinajstić information content (AvgIpc) is 2.36. The van der Waals surface area contributed by atoms with Gasteiger partial charge in [-0.05, 0) is 25.3 Å². The number of hydrogen-bond acceptors (Lipinski definition) is 4. The monoisotopic (exact) mass is 297 g/mol. The van der Waals surface area contributed by atoms with Crippen molar-refractivity contribution in [1.82, 2.24) is 4.90 Å². The van der Waals surface area contributed by atoms with Gasteiger partial charge < -0.3 is 0 Å². The zero-order valence-electron chi connectivity index (χ0n) is 12.3. The van der Waals surface area contributed by atoms with Crippen molar-refractivity contribution in [2.24, 2.45) is 0 Å². The molecule has 1 aliphatic heterocycles. The summed E-state index contributed by atoms with van der Waals surface area (Å²) in [5.41, 5.74) is 1.26. The summed E-state index contributed by atoms with van der Waals surface area (Å²) in [5, 5.41) is 0. The van der Waals surface area contributed by atoms with Crippen LogP contribution in [0, 0.1) is 0 Å². The molecule has 3 unspecified atom stereocenters. The fraction of sp³-hybridized carbons (Fsp3) is 0.600. The second-order valence-electron chi connectivity index (χ2n) is 5.43. The van der Waals surface area contributed by atoms with Gasteiger partial charge in [-0.3, -0.25) is 9.08 Å². The minimum atomic E-state index is -3.40. The summed E-state index contributed by atoms with van der Waals surface area (Å²) in [6, 6.07) is 10.8. The van der Waals surface area contributed by atoms with Crippen LogP contribution < -0.4 is 0 Å². The van der Waals surface area contributed by atoms with E-state index in [4.69, 9.17) is 4.18 Å². The second-order valence-corrected chi connectivity index (χ2v) is 7.03. The van der Waals surface area contributed by atoms with Crippen LogP contribution in [0.5, 0.6) is 0 Å². The molecule has 1 aromatic rings. The SMILES string of the molecule is CCC(OS(C)(=O)=O)C1CCN1C(C)c1ccccc1. The van der Waals surface area contributed by atoms with Crippen LogP contribution in [0.15, 0.2) is 30.3 Å². The fourth-order valence-corrected chi connectivity index (χ4v) is 3.57. The molecule has 0 spiro atoms. The van der Waals surface area contributed by atoms with Gasteiger partial charge in [-0.25, -0.2) is 0 Å². The van der Waals surface area contributed by atoms with Crippen LogP contribution in [0.25, 0.3) is 0 Å². The van der Waals surface area contributed by atoms with Crippen LogP contribution >= 0.6 is 0 Å². The Morgan fingerprint density at radius 3 is 2.45 bits per heavy atom. The maximum Gasteiger partial charge on any atom is 0.264 e. The van der Waals surface area contributed by atoms with E-state index in [2.05, 4.69) is 24.0 Å². The molecule has 0 N–H and O–H groups in total. The zero-order chi connectivity index (χ0) is 14.8. The first kappa shape index (κ1) is 15.5. The Kier molecular flexibility index (Phi) is 4.83. The zero-order valence-corrected chi connectivity index (χ0v) is 13.1. The van der Waals surface area contributed by atoms with Gasteiger partial charge in [-0.2, -0.15) is 8.42 Å². The quantitative estimate of drug-likeness (QED) is 0.757. The molecule has 0 radical (unpaired) electrons. The molecule has 1 aromatic carbocycles. The topological polar surface area (TPSA) is 46.6 Å². The Balaban J connectivity index is 2.07. The van der Waals surface area contributed by atoms with Gasteiger partial charge in [-0.1, -0.05) is 37.3 Å². The first-order valence-corrected chi connectivity index (χ1v) is 8.93. The lowest BCUT2D eigenvalue weighted by Gasteiger charge is -2.48. The van der Waals surface area contributed by atoms with Crippen LogP contribution in [0.1, 0.15) is 38.3 Å². The van der Waals surface area contributed by atoms with Crippen molar-refractivity contribution in [3.63, 3.8) is 0 Å². The normalized spacial score (nSPS) is 23.1. The third kappa shape index (κ3) is 3.59. The van der Waals surface area contributed by atoms with E-state index in [9.17, 15) is 8.42 Å². The lowest BCUT2D eigenvalue weighted by molar-refractivity contribution is -0.0255. The highest BCUT2D eigenvalue weighted by molar-refractivity contribution is 7.86. The van der Waals surface area contributed by atoms with Crippen molar-refractivity contribution < 1.29 is 12.6 Å². The van der Waals surface area contributed by atoms with Crippen molar-refractivity contribution in [2.75, 3.05) is 12.8 Å². The van der Waals surface area contributed by atoms with Gasteiger partial charge in [0, 0.05) is 18.6 Å². The van der Waals surface area contributed by atoms with E-state index in [-0.39, 0.29) is 18.2 Å². The molecule has 1 heterocycles. The number of nitrogens with zero attached hydrogens (tertiary/aromatic N) is 1. The first-order valence-electron chi connectivity index (χ1n) is 7.11.